The van der Waals surface area contributed by atoms with E-state index >= 15 is 0 Å². The van der Waals surface area contributed by atoms with E-state index in [0.29, 0.717) is 31.6 Å². The molecule has 0 amide bonds. The molecule has 0 aromatic carbocycles. The van der Waals surface area contributed by atoms with Crippen LogP contribution in [0.3, 0.4) is 0 Å². The van der Waals surface area contributed by atoms with Gasteiger partial charge in [-0.1, -0.05) is 5.16 Å². The fourth-order valence-electron chi connectivity index (χ4n) is 1.59. The van der Waals surface area contributed by atoms with E-state index in [4.69, 9.17) is 4.84 Å². The van der Waals surface area contributed by atoms with Gasteiger partial charge in [0.25, 0.3) is 0 Å². The van der Waals surface area contributed by atoms with Crippen molar-refractivity contribution < 1.29 is 14.4 Å². The summed E-state index contributed by atoms with van der Waals surface area (Å²) >= 11 is 0. The molecule has 1 fully saturated rings. The first kappa shape index (κ1) is 10.9. The average Bonchev–Trinajstić information content (AvgIpc) is 2.14. The van der Waals surface area contributed by atoms with Crippen molar-refractivity contribution in [3.63, 3.8) is 0 Å². The number of hydrogen-bond donors (Lipinski definition) is 0. The van der Waals surface area contributed by atoms with Gasteiger partial charge in [0.1, 0.15) is 24.1 Å². The minimum Gasteiger partial charge on any atom is -0.396 e. The minimum absolute atomic E-state index is 0.0257. The molecule has 0 bridgehead atoms. The molecular weight excluding hydrogens is 182 g/mol. The summed E-state index contributed by atoms with van der Waals surface area (Å²) in [4.78, 5) is 27.7. The third kappa shape index (κ3) is 2.40. The number of carbonyl (C=O) groups is 2. The van der Waals surface area contributed by atoms with Crippen LogP contribution in [0.1, 0.15) is 33.1 Å². The van der Waals surface area contributed by atoms with Gasteiger partial charge in [-0.25, -0.2) is 0 Å². The maximum atomic E-state index is 11.5. The minimum atomic E-state index is -0.643. The zero-order valence-corrected chi connectivity index (χ0v) is 8.58. The first-order valence-corrected chi connectivity index (χ1v) is 4.88. The zero-order chi connectivity index (χ0) is 10.6. The van der Waals surface area contributed by atoms with E-state index in [2.05, 4.69) is 5.16 Å². The Morgan fingerprint density at radius 1 is 1.43 bits per heavy atom. The first-order valence-electron chi connectivity index (χ1n) is 4.88. The predicted octanol–water partition coefficient (Wildman–Crippen LogP) is 1.34. The molecule has 4 nitrogen and oxygen atoms in total. The van der Waals surface area contributed by atoms with Gasteiger partial charge in [-0.2, -0.15) is 0 Å². The Morgan fingerprint density at radius 3 is 2.50 bits per heavy atom. The maximum absolute atomic E-state index is 11.5. The molecule has 4 heteroatoms. The quantitative estimate of drug-likeness (QED) is 0.389. The zero-order valence-electron chi connectivity index (χ0n) is 8.58. The molecule has 14 heavy (non-hydrogen) atoms. The Bertz CT molecular complexity index is 255. The standard InChI is InChI=1S/C10H15NO3/c1-3-14-11-7(2)10-8(12)5-4-6-9(10)13/h10H,3-6H2,1-2H3. The van der Waals surface area contributed by atoms with Crippen LogP contribution in [-0.2, 0) is 14.4 Å². The molecule has 0 aliphatic heterocycles. The molecule has 0 saturated heterocycles. The molecule has 0 atom stereocenters. The van der Waals surface area contributed by atoms with E-state index in [9.17, 15) is 9.59 Å². The number of nitrogens with zero attached hydrogens (tertiary/aromatic N) is 1. The van der Waals surface area contributed by atoms with Crippen LogP contribution in [0.2, 0.25) is 0 Å². The van der Waals surface area contributed by atoms with E-state index in [1.807, 2.05) is 0 Å². The summed E-state index contributed by atoms with van der Waals surface area (Å²) in [5.41, 5.74) is 0.488. The Kier molecular flexibility index (Phi) is 3.80. The van der Waals surface area contributed by atoms with Crippen molar-refractivity contribution in [1.82, 2.24) is 0 Å². The molecule has 1 saturated carbocycles. The topological polar surface area (TPSA) is 55.7 Å². The molecule has 1 aliphatic rings. The molecule has 1 aliphatic carbocycles. The Labute approximate surface area is 83.3 Å². The van der Waals surface area contributed by atoms with Gasteiger partial charge in [-0.05, 0) is 20.3 Å². The van der Waals surface area contributed by atoms with Crippen LogP contribution >= 0.6 is 0 Å². The summed E-state index contributed by atoms with van der Waals surface area (Å²) < 4.78 is 0. The smallest absolute Gasteiger partial charge is 0.149 e. The van der Waals surface area contributed by atoms with Crippen LogP contribution in [0, 0.1) is 5.92 Å². The van der Waals surface area contributed by atoms with Gasteiger partial charge in [0, 0.05) is 12.8 Å². The van der Waals surface area contributed by atoms with Gasteiger partial charge >= 0.3 is 0 Å². The number of hydrogen-bond acceptors (Lipinski definition) is 4. The second-order valence-electron chi connectivity index (χ2n) is 3.37. The lowest BCUT2D eigenvalue weighted by atomic mass is 9.84. The highest BCUT2D eigenvalue weighted by atomic mass is 16.6. The Morgan fingerprint density at radius 2 is 2.00 bits per heavy atom. The van der Waals surface area contributed by atoms with Crippen molar-refractivity contribution in [3.05, 3.63) is 0 Å². The van der Waals surface area contributed by atoms with Crippen molar-refractivity contribution in [2.45, 2.75) is 33.1 Å². The molecule has 78 valence electrons. The second kappa shape index (κ2) is 4.88. The lowest BCUT2D eigenvalue weighted by molar-refractivity contribution is -0.132. The fraction of sp³-hybridized carbons (Fsp3) is 0.700. The molecule has 1 rings (SSSR count). The van der Waals surface area contributed by atoms with Crippen LogP contribution in [0.5, 0.6) is 0 Å². The van der Waals surface area contributed by atoms with E-state index in [0.717, 1.165) is 0 Å². The van der Waals surface area contributed by atoms with Gasteiger partial charge in [-0.3, -0.25) is 9.59 Å². The molecule has 0 heterocycles. The fourth-order valence-corrected chi connectivity index (χ4v) is 1.59. The average molecular weight is 197 g/mol. The van der Waals surface area contributed by atoms with Crippen LogP contribution in [0.25, 0.3) is 0 Å². The molecule has 0 N–H and O–H groups in total. The van der Waals surface area contributed by atoms with Crippen LogP contribution in [0.4, 0.5) is 0 Å². The maximum Gasteiger partial charge on any atom is 0.149 e. The third-order valence-electron chi connectivity index (χ3n) is 2.25. The summed E-state index contributed by atoms with van der Waals surface area (Å²) in [7, 11) is 0. The van der Waals surface area contributed by atoms with Gasteiger partial charge in [0.2, 0.25) is 0 Å². The van der Waals surface area contributed by atoms with E-state index in [1.165, 1.54) is 0 Å². The molecule has 0 aromatic heterocycles. The molecule has 0 spiro atoms. The number of oxime groups is 1. The van der Waals surface area contributed by atoms with Gasteiger partial charge in [0.05, 0.1) is 5.71 Å². The normalized spacial score (nSPS) is 20.0. The van der Waals surface area contributed by atoms with Gasteiger partial charge < -0.3 is 4.84 Å². The van der Waals surface area contributed by atoms with Crippen molar-refractivity contribution in [3.8, 4) is 0 Å². The lowest BCUT2D eigenvalue weighted by Crippen LogP contribution is -2.34. The number of carbonyl (C=O) groups excluding carboxylic acids is 2. The van der Waals surface area contributed by atoms with Crippen LogP contribution in [0.15, 0.2) is 5.16 Å². The molecule has 0 aromatic rings. The summed E-state index contributed by atoms with van der Waals surface area (Å²) in [5.74, 6) is -0.695. The summed E-state index contributed by atoms with van der Waals surface area (Å²) in [5, 5.41) is 3.74. The van der Waals surface area contributed by atoms with Gasteiger partial charge in [-0.15, -0.1) is 0 Å². The van der Waals surface area contributed by atoms with Crippen molar-refractivity contribution >= 4 is 17.3 Å². The monoisotopic (exact) mass is 197 g/mol. The molecule has 0 unspecified atom stereocenters. The highest BCUT2D eigenvalue weighted by Gasteiger charge is 2.32. The first-order chi connectivity index (χ1) is 6.66. The van der Waals surface area contributed by atoms with E-state index < -0.39 is 5.92 Å². The summed E-state index contributed by atoms with van der Waals surface area (Å²) in [6.45, 7) is 3.93. The largest absolute Gasteiger partial charge is 0.396 e. The number of rotatable bonds is 3. The van der Waals surface area contributed by atoms with Crippen LogP contribution in [-0.4, -0.2) is 23.9 Å². The SMILES string of the molecule is CCON=C(C)C1C(=O)CCCC1=O. The predicted molar refractivity (Wildman–Crippen MR) is 52.1 cm³/mol. The lowest BCUT2D eigenvalue weighted by Gasteiger charge is -2.18. The summed E-state index contributed by atoms with van der Waals surface area (Å²) in [6, 6.07) is 0. The molecular formula is C10H15NO3. The highest BCUT2D eigenvalue weighted by Crippen LogP contribution is 2.18. The highest BCUT2D eigenvalue weighted by molar-refractivity contribution is 6.21. The Balaban J connectivity index is 2.72. The van der Waals surface area contributed by atoms with Gasteiger partial charge in [0.15, 0.2) is 0 Å². The third-order valence-corrected chi connectivity index (χ3v) is 2.25. The van der Waals surface area contributed by atoms with E-state index in [1.54, 1.807) is 13.8 Å². The molecule has 0 radical (unpaired) electrons. The van der Waals surface area contributed by atoms with Crippen molar-refractivity contribution in [2.24, 2.45) is 11.1 Å². The number of ketones is 2. The Hall–Kier alpha value is -1.19. The van der Waals surface area contributed by atoms with Crippen molar-refractivity contribution in [1.29, 1.82) is 0 Å². The second-order valence-corrected chi connectivity index (χ2v) is 3.37. The number of Topliss-reactive ketones (excluding diaryl/α,β-unsaturated/α-hetero) is 2. The summed E-state index contributed by atoms with van der Waals surface area (Å²) in [6.07, 6.45) is 1.64. The van der Waals surface area contributed by atoms with E-state index in [-0.39, 0.29) is 11.6 Å². The van der Waals surface area contributed by atoms with Crippen LogP contribution < -0.4 is 0 Å². The van der Waals surface area contributed by atoms with Crippen molar-refractivity contribution in [2.75, 3.05) is 6.61 Å².